The summed E-state index contributed by atoms with van der Waals surface area (Å²) in [6.45, 7) is 0. The number of anilines is 1. The summed E-state index contributed by atoms with van der Waals surface area (Å²) in [7, 11) is 0. The molecule has 4 rings (SSSR count). The summed E-state index contributed by atoms with van der Waals surface area (Å²) < 4.78 is 13.2. The number of benzene rings is 2. The van der Waals surface area contributed by atoms with Gasteiger partial charge >= 0.3 is 0 Å². The Bertz CT molecular complexity index is 1180. The average molecular weight is 365 g/mol. The highest BCUT2D eigenvalue weighted by molar-refractivity contribution is 6.04. The van der Waals surface area contributed by atoms with Crippen LogP contribution in [0.4, 0.5) is 15.8 Å². The van der Waals surface area contributed by atoms with Gasteiger partial charge in [-0.3, -0.25) is 20.0 Å². The number of hydrogen-bond donors (Lipinski definition) is 3. The van der Waals surface area contributed by atoms with Gasteiger partial charge in [-0.2, -0.15) is 5.10 Å². The molecule has 0 fully saturated rings. The minimum atomic E-state index is -0.483. The van der Waals surface area contributed by atoms with E-state index >= 15 is 0 Å². The molecular formula is C18H12FN5O3. The lowest BCUT2D eigenvalue weighted by Crippen LogP contribution is -2.12. The van der Waals surface area contributed by atoms with Crippen molar-refractivity contribution in [3.63, 3.8) is 0 Å². The minimum absolute atomic E-state index is 0.0548. The summed E-state index contributed by atoms with van der Waals surface area (Å²) in [4.78, 5) is 25.8. The fraction of sp³-hybridized carbons (Fsp3) is 0. The second-order valence-electron chi connectivity index (χ2n) is 5.81. The summed E-state index contributed by atoms with van der Waals surface area (Å²) in [5.74, 6) is -0.901. The first-order valence-corrected chi connectivity index (χ1v) is 7.90. The van der Waals surface area contributed by atoms with Crippen LogP contribution in [0, 0.1) is 15.9 Å². The molecule has 0 atom stereocenters. The molecule has 0 aliphatic rings. The van der Waals surface area contributed by atoms with Crippen LogP contribution < -0.4 is 5.32 Å². The highest BCUT2D eigenvalue weighted by atomic mass is 19.1. The zero-order valence-electron chi connectivity index (χ0n) is 13.7. The third kappa shape index (κ3) is 3.13. The number of nitrogens with one attached hydrogen (secondary N) is 3. The Morgan fingerprint density at radius 2 is 2.00 bits per heavy atom. The smallest absolute Gasteiger partial charge is 0.272 e. The molecule has 2 aromatic heterocycles. The molecule has 0 bridgehead atoms. The number of aromatic nitrogens is 3. The van der Waals surface area contributed by atoms with E-state index in [9.17, 15) is 19.3 Å². The maximum atomic E-state index is 13.2. The average Bonchev–Trinajstić information content (AvgIpc) is 3.28. The Balaban J connectivity index is 1.64. The molecule has 0 saturated heterocycles. The van der Waals surface area contributed by atoms with E-state index in [0.29, 0.717) is 28.0 Å². The van der Waals surface area contributed by atoms with Gasteiger partial charge in [-0.15, -0.1) is 0 Å². The van der Waals surface area contributed by atoms with E-state index in [1.807, 2.05) is 0 Å². The number of aromatic amines is 2. The second-order valence-corrected chi connectivity index (χ2v) is 5.81. The van der Waals surface area contributed by atoms with Gasteiger partial charge in [-0.25, -0.2) is 4.39 Å². The quantitative estimate of drug-likeness (QED) is 0.376. The Labute approximate surface area is 151 Å². The molecule has 0 saturated carbocycles. The van der Waals surface area contributed by atoms with Crippen LogP contribution in [0.5, 0.6) is 0 Å². The van der Waals surface area contributed by atoms with Gasteiger partial charge in [0, 0.05) is 23.2 Å². The number of nitrogens with zero attached hydrogens (tertiary/aromatic N) is 2. The lowest BCUT2D eigenvalue weighted by atomic mass is 10.1. The molecule has 8 nitrogen and oxygen atoms in total. The van der Waals surface area contributed by atoms with Gasteiger partial charge in [0.05, 0.1) is 16.1 Å². The van der Waals surface area contributed by atoms with E-state index in [4.69, 9.17) is 0 Å². The summed E-state index contributed by atoms with van der Waals surface area (Å²) in [6, 6.07) is 13.1. The number of nitro benzene ring substituents is 1. The Morgan fingerprint density at radius 3 is 2.78 bits per heavy atom. The number of amides is 1. The van der Waals surface area contributed by atoms with Crippen LogP contribution >= 0.6 is 0 Å². The van der Waals surface area contributed by atoms with E-state index in [2.05, 4.69) is 20.5 Å². The molecule has 0 spiro atoms. The lowest BCUT2D eigenvalue weighted by molar-refractivity contribution is -0.384. The van der Waals surface area contributed by atoms with Gasteiger partial charge in [0.2, 0.25) is 0 Å². The molecule has 3 N–H and O–H groups in total. The van der Waals surface area contributed by atoms with Crippen molar-refractivity contribution in [3.8, 4) is 11.4 Å². The van der Waals surface area contributed by atoms with E-state index in [1.165, 1.54) is 30.3 Å². The van der Waals surface area contributed by atoms with Crippen molar-refractivity contribution in [2.45, 2.75) is 0 Å². The van der Waals surface area contributed by atoms with Crippen LogP contribution in [0.25, 0.3) is 22.3 Å². The third-order valence-electron chi connectivity index (χ3n) is 4.03. The molecule has 1 amide bonds. The number of halogens is 1. The molecule has 4 aromatic rings. The number of rotatable bonds is 4. The van der Waals surface area contributed by atoms with E-state index in [-0.39, 0.29) is 11.4 Å². The Morgan fingerprint density at radius 1 is 1.15 bits per heavy atom. The first kappa shape index (κ1) is 16.5. The SMILES string of the molecule is O=C(Nc1cccc(F)c1)c1ccc(-c2n[nH]c3ccc([N+](=O)[O-])cc23)[nH]1. The fourth-order valence-corrected chi connectivity index (χ4v) is 2.75. The molecule has 134 valence electrons. The van der Waals surface area contributed by atoms with Gasteiger partial charge in [0.25, 0.3) is 11.6 Å². The third-order valence-corrected chi connectivity index (χ3v) is 4.03. The summed E-state index contributed by atoms with van der Waals surface area (Å²) >= 11 is 0. The first-order valence-electron chi connectivity index (χ1n) is 7.90. The minimum Gasteiger partial charge on any atom is -0.349 e. The Hall–Kier alpha value is -4.01. The van der Waals surface area contributed by atoms with E-state index in [1.54, 1.807) is 24.3 Å². The highest BCUT2D eigenvalue weighted by Gasteiger charge is 2.16. The van der Waals surface area contributed by atoms with Crippen LogP contribution in [0.15, 0.2) is 54.6 Å². The van der Waals surface area contributed by atoms with Crippen LogP contribution in [0.1, 0.15) is 10.5 Å². The summed E-state index contributed by atoms with van der Waals surface area (Å²) in [5.41, 5.74) is 2.13. The van der Waals surface area contributed by atoms with Gasteiger partial charge in [0.1, 0.15) is 17.2 Å². The van der Waals surface area contributed by atoms with Crippen LogP contribution in [-0.4, -0.2) is 26.0 Å². The van der Waals surface area contributed by atoms with Crippen LogP contribution in [-0.2, 0) is 0 Å². The van der Waals surface area contributed by atoms with Gasteiger partial charge in [0.15, 0.2) is 0 Å². The number of carbonyl (C=O) groups excluding carboxylic acids is 1. The number of nitro groups is 1. The molecule has 0 aliphatic heterocycles. The zero-order chi connectivity index (χ0) is 19.0. The molecule has 27 heavy (non-hydrogen) atoms. The standard InChI is InChI=1S/C18H12FN5O3/c19-10-2-1-3-11(8-10)20-18(25)16-7-6-15(21-16)17-13-9-12(24(26)27)4-5-14(13)22-23-17/h1-9,21H,(H,20,25)(H,22,23). The van der Waals surface area contributed by atoms with Crippen LogP contribution in [0.2, 0.25) is 0 Å². The normalized spacial score (nSPS) is 10.9. The van der Waals surface area contributed by atoms with Crippen molar-refractivity contribution < 1.29 is 14.1 Å². The molecule has 2 aromatic carbocycles. The van der Waals surface area contributed by atoms with Crippen LogP contribution in [0.3, 0.4) is 0 Å². The Kier molecular flexibility index (Phi) is 3.88. The maximum absolute atomic E-state index is 13.2. The second kappa shape index (κ2) is 6.37. The van der Waals surface area contributed by atoms with E-state index < -0.39 is 16.6 Å². The number of carbonyl (C=O) groups is 1. The monoisotopic (exact) mass is 365 g/mol. The first-order chi connectivity index (χ1) is 13.0. The molecule has 0 aliphatic carbocycles. The van der Waals surface area contributed by atoms with Crippen molar-refractivity contribution in [2.24, 2.45) is 0 Å². The number of H-pyrrole nitrogens is 2. The summed E-state index contributed by atoms with van der Waals surface area (Å²) in [5, 5.41) is 21.1. The van der Waals surface area contributed by atoms with Gasteiger partial charge < -0.3 is 10.3 Å². The van der Waals surface area contributed by atoms with Crippen molar-refractivity contribution in [3.05, 3.63) is 76.2 Å². The predicted molar refractivity (Wildman–Crippen MR) is 96.9 cm³/mol. The zero-order valence-corrected chi connectivity index (χ0v) is 13.7. The van der Waals surface area contributed by atoms with Gasteiger partial charge in [-0.05, 0) is 36.4 Å². The van der Waals surface area contributed by atoms with Crippen molar-refractivity contribution in [2.75, 3.05) is 5.32 Å². The van der Waals surface area contributed by atoms with E-state index in [0.717, 1.165) is 0 Å². The van der Waals surface area contributed by atoms with Crippen molar-refractivity contribution in [1.29, 1.82) is 0 Å². The lowest BCUT2D eigenvalue weighted by Gasteiger charge is -2.03. The molecule has 0 radical (unpaired) electrons. The fourth-order valence-electron chi connectivity index (χ4n) is 2.75. The van der Waals surface area contributed by atoms with Crippen molar-refractivity contribution >= 4 is 28.2 Å². The molecule has 0 unspecified atom stereocenters. The number of fused-ring (bicyclic) bond motifs is 1. The highest BCUT2D eigenvalue weighted by Crippen LogP contribution is 2.28. The molecule has 9 heteroatoms. The largest absolute Gasteiger partial charge is 0.349 e. The number of non-ortho nitro benzene ring substituents is 1. The maximum Gasteiger partial charge on any atom is 0.272 e. The van der Waals surface area contributed by atoms with Gasteiger partial charge in [-0.1, -0.05) is 6.07 Å². The molecule has 2 heterocycles. The topological polar surface area (TPSA) is 117 Å². The number of hydrogen-bond acceptors (Lipinski definition) is 4. The summed E-state index contributed by atoms with van der Waals surface area (Å²) in [6.07, 6.45) is 0. The predicted octanol–water partition coefficient (Wildman–Crippen LogP) is 3.86. The molecular weight excluding hydrogens is 353 g/mol. The van der Waals surface area contributed by atoms with Crippen molar-refractivity contribution in [1.82, 2.24) is 15.2 Å².